The number of hydrogen-bond acceptors (Lipinski definition) is 3. The summed E-state index contributed by atoms with van der Waals surface area (Å²) in [5, 5.41) is 8.55. The molecule has 0 bridgehead atoms. The van der Waals surface area contributed by atoms with Crippen molar-refractivity contribution in [2.45, 2.75) is 18.2 Å². The number of allylic oxidation sites excluding steroid dienone is 1. The monoisotopic (exact) mass is 231 g/mol. The number of alkyl halides is 1. The Bertz CT molecular complexity index is 245. The Morgan fingerprint density at radius 2 is 2.17 bits per heavy atom. The summed E-state index contributed by atoms with van der Waals surface area (Å²) in [5.74, 6) is -0.606. The highest BCUT2D eigenvalue weighted by atomic mass is 79.9. The summed E-state index contributed by atoms with van der Waals surface area (Å²) >= 11 is 3.28. The van der Waals surface area contributed by atoms with Gasteiger partial charge in [-0.1, -0.05) is 15.9 Å². The van der Waals surface area contributed by atoms with Gasteiger partial charge in [0.25, 0.3) is 0 Å². The summed E-state index contributed by atoms with van der Waals surface area (Å²) in [4.78, 5) is 10.9. The van der Waals surface area contributed by atoms with Gasteiger partial charge in [-0.25, -0.2) is 4.79 Å². The Morgan fingerprint density at radius 3 is 2.42 bits per heavy atom. The van der Waals surface area contributed by atoms with Gasteiger partial charge in [0.15, 0.2) is 0 Å². The third-order valence-corrected chi connectivity index (χ3v) is 1.24. The number of methoxy groups -OCH3 is 1. The van der Waals surface area contributed by atoms with E-state index in [1.54, 1.807) is 6.07 Å². The third-order valence-electron chi connectivity index (χ3n) is 1.01. The van der Waals surface area contributed by atoms with Crippen molar-refractivity contribution in [3.63, 3.8) is 0 Å². The van der Waals surface area contributed by atoms with Crippen LogP contribution in [0.15, 0.2) is 11.6 Å². The first-order valence-corrected chi connectivity index (χ1v) is 4.10. The number of carbonyl (C=O) groups excluding carboxylic acids is 1. The lowest BCUT2D eigenvalue weighted by atomic mass is 10.1. The highest BCUT2D eigenvalue weighted by Gasteiger charge is 2.15. The predicted molar refractivity (Wildman–Crippen MR) is 48.7 cm³/mol. The van der Waals surface area contributed by atoms with E-state index in [-0.39, 0.29) is 9.90 Å². The van der Waals surface area contributed by atoms with Crippen molar-refractivity contribution < 1.29 is 9.53 Å². The van der Waals surface area contributed by atoms with Crippen LogP contribution in [0.3, 0.4) is 0 Å². The normalized spacial score (nSPS) is 12.1. The molecule has 0 aromatic rings. The maximum atomic E-state index is 10.9. The molecule has 0 unspecified atom stereocenters. The van der Waals surface area contributed by atoms with Crippen molar-refractivity contribution in [2.75, 3.05) is 7.11 Å². The molecule has 0 radical (unpaired) electrons. The second-order valence-electron chi connectivity index (χ2n) is 2.73. The maximum absolute atomic E-state index is 10.9. The summed E-state index contributed by atoms with van der Waals surface area (Å²) in [6.07, 6.45) is 1.51. The molecule has 0 aliphatic carbocycles. The van der Waals surface area contributed by atoms with Gasteiger partial charge in [0.2, 0.25) is 0 Å². The lowest BCUT2D eigenvalue weighted by Gasteiger charge is -2.09. The minimum atomic E-state index is -0.606. The van der Waals surface area contributed by atoms with Gasteiger partial charge in [-0.2, -0.15) is 5.26 Å². The molecule has 0 N–H and O–H groups in total. The molecule has 0 fully saturated rings. The zero-order chi connectivity index (χ0) is 9.78. The molecule has 0 aliphatic heterocycles. The van der Waals surface area contributed by atoms with Crippen LogP contribution >= 0.6 is 15.9 Å². The van der Waals surface area contributed by atoms with E-state index in [4.69, 9.17) is 5.26 Å². The van der Waals surface area contributed by atoms with Crippen molar-refractivity contribution in [1.82, 2.24) is 0 Å². The summed E-state index contributed by atoms with van der Waals surface area (Å²) in [7, 11) is 1.24. The molecule has 0 atom stereocenters. The number of rotatable bonds is 2. The van der Waals surface area contributed by atoms with E-state index in [1.807, 2.05) is 13.8 Å². The highest BCUT2D eigenvalue weighted by Crippen LogP contribution is 2.19. The number of ether oxygens (including phenoxy) is 1. The van der Waals surface area contributed by atoms with Crippen molar-refractivity contribution in [3.05, 3.63) is 11.6 Å². The third kappa shape index (κ3) is 4.14. The van der Waals surface area contributed by atoms with Crippen molar-refractivity contribution >= 4 is 21.9 Å². The van der Waals surface area contributed by atoms with Crippen LogP contribution in [0, 0.1) is 11.3 Å². The zero-order valence-corrected chi connectivity index (χ0v) is 8.81. The Labute approximate surface area is 80.1 Å². The Kier molecular flexibility index (Phi) is 3.98. The van der Waals surface area contributed by atoms with E-state index in [0.717, 1.165) is 0 Å². The van der Waals surface area contributed by atoms with Gasteiger partial charge in [0.05, 0.1) is 7.11 Å². The smallest absolute Gasteiger partial charge is 0.348 e. The van der Waals surface area contributed by atoms with E-state index in [0.29, 0.717) is 0 Å². The lowest BCUT2D eigenvalue weighted by Crippen LogP contribution is -2.10. The Morgan fingerprint density at radius 1 is 1.67 bits per heavy atom. The quantitative estimate of drug-likeness (QED) is 0.315. The molecule has 0 spiro atoms. The fourth-order valence-electron chi connectivity index (χ4n) is 0.590. The molecule has 0 amide bonds. The Balaban J connectivity index is 4.71. The van der Waals surface area contributed by atoms with Crippen molar-refractivity contribution in [1.29, 1.82) is 5.26 Å². The predicted octanol–water partition coefficient (Wildman–Crippen LogP) is 1.78. The standard InChI is InChI=1S/C8H10BrNO2/c1-8(2,9)4-6(5-10)7(11)12-3/h4H,1-3H3/b6-4-. The van der Waals surface area contributed by atoms with Gasteiger partial charge in [-0.05, 0) is 19.9 Å². The average Bonchev–Trinajstić information content (AvgIpc) is 1.97. The van der Waals surface area contributed by atoms with Gasteiger partial charge in [-0.15, -0.1) is 0 Å². The van der Waals surface area contributed by atoms with Crippen LogP contribution in [-0.4, -0.2) is 17.4 Å². The lowest BCUT2D eigenvalue weighted by molar-refractivity contribution is -0.135. The van der Waals surface area contributed by atoms with Gasteiger partial charge in [-0.3, -0.25) is 0 Å². The number of nitriles is 1. The van der Waals surface area contributed by atoms with Crippen LogP contribution in [0.1, 0.15) is 13.8 Å². The van der Waals surface area contributed by atoms with E-state index < -0.39 is 5.97 Å². The van der Waals surface area contributed by atoms with Gasteiger partial charge >= 0.3 is 5.97 Å². The second kappa shape index (κ2) is 4.27. The summed E-state index contributed by atoms with van der Waals surface area (Å²) in [6.45, 7) is 3.65. The maximum Gasteiger partial charge on any atom is 0.348 e. The molecule has 12 heavy (non-hydrogen) atoms. The van der Waals surface area contributed by atoms with Crippen LogP contribution in [0.4, 0.5) is 0 Å². The zero-order valence-electron chi connectivity index (χ0n) is 7.22. The average molecular weight is 232 g/mol. The van der Waals surface area contributed by atoms with Crippen LogP contribution in [0.5, 0.6) is 0 Å². The number of esters is 1. The topological polar surface area (TPSA) is 50.1 Å². The second-order valence-corrected chi connectivity index (χ2v) is 4.77. The first-order chi connectivity index (χ1) is 5.40. The molecular weight excluding hydrogens is 222 g/mol. The molecule has 4 heteroatoms. The minimum Gasteiger partial charge on any atom is -0.465 e. The fourth-order valence-corrected chi connectivity index (χ4v) is 0.819. The molecule has 0 saturated carbocycles. The molecule has 0 rings (SSSR count). The summed E-state index contributed by atoms with van der Waals surface area (Å²) in [6, 6.07) is 1.77. The van der Waals surface area contributed by atoms with E-state index in [2.05, 4.69) is 20.7 Å². The highest BCUT2D eigenvalue weighted by molar-refractivity contribution is 9.10. The molecule has 0 aromatic carbocycles. The largest absolute Gasteiger partial charge is 0.465 e. The van der Waals surface area contributed by atoms with E-state index >= 15 is 0 Å². The SMILES string of the molecule is COC(=O)/C(C#N)=C\C(C)(C)Br. The van der Waals surface area contributed by atoms with Crippen LogP contribution < -0.4 is 0 Å². The van der Waals surface area contributed by atoms with Gasteiger partial charge in [0.1, 0.15) is 11.6 Å². The molecule has 0 aromatic heterocycles. The molecule has 0 heterocycles. The van der Waals surface area contributed by atoms with Crippen LogP contribution in [0.2, 0.25) is 0 Å². The fraction of sp³-hybridized carbons (Fsp3) is 0.500. The first-order valence-electron chi connectivity index (χ1n) is 3.31. The van der Waals surface area contributed by atoms with Crippen LogP contribution in [0.25, 0.3) is 0 Å². The number of halogens is 1. The van der Waals surface area contributed by atoms with E-state index in [9.17, 15) is 4.79 Å². The molecule has 0 saturated heterocycles. The summed E-state index contributed by atoms with van der Waals surface area (Å²) < 4.78 is 4.03. The van der Waals surface area contributed by atoms with Gasteiger partial charge < -0.3 is 4.74 Å². The molecule has 3 nitrogen and oxygen atoms in total. The number of hydrogen-bond donors (Lipinski definition) is 0. The van der Waals surface area contributed by atoms with Crippen molar-refractivity contribution in [2.24, 2.45) is 0 Å². The number of carbonyl (C=O) groups is 1. The summed E-state index contributed by atoms with van der Waals surface area (Å²) in [5.41, 5.74) is 0.0133. The molecule has 66 valence electrons. The van der Waals surface area contributed by atoms with Crippen LogP contribution in [-0.2, 0) is 9.53 Å². The first kappa shape index (κ1) is 11.2. The molecular formula is C8H10BrNO2. The Hall–Kier alpha value is -0.820. The minimum absolute atomic E-state index is 0.0133. The number of nitrogens with zero attached hydrogens (tertiary/aromatic N) is 1. The van der Waals surface area contributed by atoms with Crippen molar-refractivity contribution in [3.8, 4) is 6.07 Å². The molecule has 0 aliphatic rings. The van der Waals surface area contributed by atoms with E-state index in [1.165, 1.54) is 13.2 Å². The van der Waals surface area contributed by atoms with Gasteiger partial charge in [0, 0.05) is 4.32 Å².